The normalized spacial score (nSPS) is 14.3. The maximum Gasteiger partial charge on any atom is 0.326 e. The smallest absolute Gasteiger partial charge is 0.326 e. The number of carbonyl (C=O) groups is 6. The molecule has 0 aromatic carbocycles. The first-order chi connectivity index (χ1) is 14.9. The Hall–Kier alpha value is -2.52. The van der Waals surface area contributed by atoms with Gasteiger partial charge in [-0.15, -0.1) is 0 Å². The molecule has 9 N–H and O–H groups in total. The molecule has 0 rings (SSSR count). The van der Waals surface area contributed by atoms with E-state index >= 15 is 0 Å². The summed E-state index contributed by atoms with van der Waals surface area (Å²) in [6, 6.07) is -5.22. The van der Waals surface area contributed by atoms with Gasteiger partial charge >= 0.3 is 11.9 Å². The lowest BCUT2D eigenvalue weighted by molar-refractivity contribution is -0.147. The number of carboxylic acid groups (broad SMARTS) is 2. The van der Waals surface area contributed by atoms with Crippen LogP contribution in [0, 0.1) is 0 Å². The Kier molecular flexibility index (Phi) is 14.1. The lowest BCUT2D eigenvalue weighted by atomic mass is 10.1. The molecule has 0 saturated heterocycles. The van der Waals surface area contributed by atoms with Crippen molar-refractivity contribution in [3.63, 3.8) is 0 Å². The average molecular weight is 496 g/mol. The summed E-state index contributed by atoms with van der Waals surface area (Å²) in [4.78, 5) is 70.3. The van der Waals surface area contributed by atoms with E-state index in [2.05, 4.69) is 23.3 Å². The molecule has 0 aliphatic heterocycles. The molecule has 0 fully saturated rings. The Morgan fingerprint density at radius 2 is 1.44 bits per heavy atom. The molecular weight excluding hydrogens is 466 g/mol. The second-order valence-electron chi connectivity index (χ2n) is 6.70. The fraction of sp³-hybridized carbons (Fsp3) is 0.647. The van der Waals surface area contributed by atoms with Gasteiger partial charge in [0.05, 0.1) is 12.5 Å². The number of carboxylic acids is 2. The number of nitrogens with one attached hydrogen (secondary N) is 3. The van der Waals surface area contributed by atoms with Crippen LogP contribution in [-0.2, 0) is 28.8 Å². The van der Waals surface area contributed by atoms with Gasteiger partial charge < -0.3 is 37.6 Å². The lowest BCUT2D eigenvalue weighted by Gasteiger charge is -2.24. The van der Waals surface area contributed by atoms with Gasteiger partial charge in [0.1, 0.15) is 18.1 Å². The van der Waals surface area contributed by atoms with Crippen molar-refractivity contribution in [2.24, 2.45) is 11.5 Å². The van der Waals surface area contributed by atoms with Crippen LogP contribution in [0.5, 0.6) is 0 Å². The van der Waals surface area contributed by atoms with Gasteiger partial charge in [-0.3, -0.25) is 24.0 Å². The number of hydrogen-bond donors (Lipinski definition) is 8. The summed E-state index contributed by atoms with van der Waals surface area (Å²) >= 11 is 5.50. The first-order valence-electron chi connectivity index (χ1n) is 9.42. The van der Waals surface area contributed by atoms with Crippen LogP contribution in [0.3, 0.4) is 0 Å². The Morgan fingerprint density at radius 1 is 0.906 bits per heavy atom. The Morgan fingerprint density at radius 3 is 1.91 bits per heavy atom. The molecular formula is C17H29N5O8S2. The van der Waals surface area contributed by atoms with Crippen molar-refractivity contribution in [1.82, 2.24) is 16.0 Å². The number of primary amides is 1. The number of thiol groups is 1. The number of thioether (sulfide) groups is 1. The van der Waals surface area contributed by atoms with Crippen molar-refractivity contribution >= 4 is 60.0 Å². The van der Waals surface area contributed by atoms with Gasteiger partial charge in [-0.1, -0.05) is 0 Å². The van der Waals surface area contributed by atoms with Crippen molar-refractivity contribution in [3.8, 4) is 0 Å². The average Bonchev–Trinajstić information content (AvgIpc) is 2.71. The van der Waals surface area contributed by atoms with Crippen LogP contribution in [0.25, 0.3) is 0 Å². The largest absolute Gasteiger partial charge is 0.481 e. The second kappa shape index (κ2) is 15.3. The van der Waals surface area contributed by atoms with Gasteiger partial charge in [-0.2, -0.15) is 24.4 Å². The van der Waals surface area contributed by atoms with E-state index in [4.69, 9.17) is 21.7 Å². The summed E-state index contributed by atoms with van der Waals surface area (Å²) in [5.41, 5.74) is 10.8. The van der Waals surface area contributed by atoms with Gasteiger partial charge in [-0.05, 0) is 24.9 Å². The molecule has 32 heavy (non-hydrogen) atoms. The molecule has 0 aliphatic carbocycles. The molecule has 0 aromatic rings. The van der Waals surface area contributed by atoms with Gasteiger partial charge in [0, 0.05) is 12.2 Å². The second-order valence-corrected chi connectivity index (χ2v) is 8.05. The SMILES string of the molecule is CSCCC(N)C(=O)NC(CS)C(=O)NC(CCC(N)=O)C(=O)NC(CC(=O)O)C(=O)O. The summed E-state index contributed by atoms with van der Waals surface area (Å²) in [7, 11) is 0. The molecule has 13 nitrogen and oxygen atoms in total. The summed E-state index contributed by atoms with van der Waals surface area (Å²) in [5, 5.41) is 24.6. The molecule has 4 amide bonds. The summed E-state index contributed by atoms with van der Waals surface area (Å²) in [6.45, 7) is 0. The molecule has 0 heterocycles. The van der Waals surface area contributed by atoms with Crippen molar-refractivity contribution in [1.29, 1.82) is 0 Å². The van der Waals surface area contributed by atoms with Crippen molar-refractivity contribution in [3.05, 3.63) is 0 Å². The first-order valence-corrected chi connectivity index (χ1v) is 11.4. The van der Waals surface area contributed by atoms with E-state index in [9.17, 15) is 28.8 Å². The maximum absolute atomic E-state index is 12.6. The van der Waals surface area contributed by atoms with E-state index in [0.717, 1.165) is 0 Å². The predicted octanol–water partition coefficient (Wildman–Crippen LogP) is -2.72. The molecule has 182 valence electrons. The van der Waals surface area contributed by atoms with E-state index in [-0.39, 0.29) is 18.6 Å². The van der Waals surface area contributed by atoms with E-state index in [0.29, 0.717) is 12.2 Å². The number of amides is 4. The maximum atomic E-state index is 12.6. The fourth-order valence-electron chi connectivity index (χ4n) is 2.32. The zero-order valence-electron chi connectivity index (χ0n) is 17.4. The standard InChI is InChI=1S/C17H29N5O8S2/c1-32-5-4-8(18)14(26)22-11(7-31)16(28)20-9(2-3-12(19)23)15(27)21-10(17(29)30)6-13(24)25/h8-11,31H,2-7,18H2,1H3,(H2,19,23)(H,20,28)(H,21,27)(H,22,26)(H,24,25)(H,29,30). The number of carbonyl (C=O) groups excluding carboxylic acids is 4. The number of aliphatic carboxylic acids is 2. The van der Waals surface area contributed by atoms with E-state index in [1.54, 1.807) is 0 Å². The minimum atomic E-state index is -1.76. The van der Waals surface area contributed by atoms with Gasteiger partial charge in [-0.25, -0.2) is 4.79 Å². The van der Waals surface area contributed by atoms with Crippen LogP contribution in [-0.4, -0.2) is 87.7 Å². The third-order valence-electron chi connectivity index (χ3n) is 4.09. The van der Waals surface area contributed by atoms with Gasteiger partial charge in [0.25, 0.3) is 0 Å². The topological polar surface area (TPSA) is 231 Å². The molecule has 0 bridgehead atoms. The third-order valence-corrected chi connectivity index (χ3v) is 5.10. The molecule has 4 atom stereocenters. The number of nitrogens with two attached hydrogens (primary N) is 2. The summed E-state index contributed by atoms with van der Waals surface area (Å²) < 4.78 is 0. The van der Waals surface area contributed by atoms with Crippen molar-refractivity contribution < 1.29 is 39.0 Å². The summed E-state index contributed by atoms with van der Waals surface area (Å²) in [6.07, 6.45) is 0.703. The predicted molar refractivity (Wildman–Crippen MR) is 119 cm³/mol. The highest BCUT2D eigenvalue weighted by Gasteiger charge is 2.30. The highest BCUT2D eigenvalue weighted by Crippen LogP contribution is 2.04. The van der Waals surface area contributed by atoms with E-state index in [1.807, 2.05) is 11.6 Å². The zero-order chi connectivity index (χ0) is 24.8. The zero-order valence-corrected chi connectivity index (χ0v) is 19.1. The van der Waals surface area contributed by atoms with Gasteiger partial charge in [0.2, 0.25) is 23.6 Å². The van der Waals surface area contributed by atoms with Crippen LogP contribution in [0.4, 0.5) is 0 Å². The van der Waals surface area contributed by atoms with Crippen LogP contribution in [0.1, 0.15) is 25.7 Å². The molecule has 0 saturated carbocycles. The number of rotatable bonds is 16. The quantitative estimate of drug-likeness (QED) is 0.103. The molecule has 15 heteroatoms. The Balaban J connectivity index is 5.31. The molecule has 0 radical (unpaired) electrons. The van der Waals surface area contributed by atoms with E-state index < -0.39 is 66.2 Å². The minimum absolute atomic E-state index is 0.145. The number of hydrogen-bond acceptors (Lipinski definition) is 9. The highest BCUT2D eigenvalue weighted by molar-refractivity contribution is 7.98. The molecule has 0 aliphatic rings. The third kappa shape index (κ3) is 11.8. The van der Waals surface area contributed by atoms with Crippen LogP contribution < -0.4 is 27.4 Å². The summed E-state index contributed by atoms with van der Waals surface area (Å²) in [5.74, 6) is -5.83. The van der Waals surface area contributed by atoms with Gasteiger partial charge in [0.15, 0.2) is 0 Å². The fourth-order valence-corrected chi connectivity index (χ4v) is 3.07. The van der Waals surface area contributed by atoms with Crippen LogP contribution in [0.2, 0.25) is 0 Å². The minimum Gasteiger partial charge on any atom is -0.481 e. The highest BCUT2D eigenvalue weighted by atomic mass is 32.2. The van der Waals surface area contributed by atoms with E-state index in [1.165, 1.54) is 11.8 Å². The molecule has 4 unspecified atom stereocenters. The lowest BCUT2D eigenvalue weighted by Crippen LogP contribution is -2.57. The molecule has 0 aromatic heterocycles. The van der Waals surface area contributed by atoms with Crippen LogP contribution in [0.15, 0.2) is 0 Å². The first kappa shape index (κ1) is 29.5. The monoisotopic (exact) mass is 495 g/mol. The Labute approximate surface area is 194 Å². The van der Waals surface area contributed by atoms with Crippen molar-refractivity contribution in [2.45, 2.75) is 49.9 Å². The Bertz CT molecular complexity index is 708. The van der Waals surface area contributed by atoms with Crippen LogP contribution >= 0.6 is 24.4 Å². The molecule has 0 spiro atoms. The van der Waals surface area contributed by atoms with Crippen molar-refractivity contribution in [2.75, 3.05) is 17.8 Å².